The summed E-state index contributed by atoms with van der Waals surface area (Å²) in [5.74, 6) is 2.39. The summed E-state index contributed by atoms with van der Waals surface area (Å²) in [5, 5.41) is 11.9. The van der Waals surface area contributed by atoms with Gasteiger partial charge in [0.05, 0.1) is 19.3 Å². The lowest BCUT2D eigenvalue weighted by Crippen LogP contribution is -2.44. The lowest BCUT2D eigenvalue weighted by molar-refractivity contribution is -0.173. The van der Waals surface area contributed by atoms with E-state index in [2.05, 4.69) is 50.7 Å². The maximum atomic E-state index is 12.3. The van der Waals surface area contributed by atoms with Crippen LogP contribution in [-0.2, 0) is 14.0 Å². The largest absolute Gasteiger partial charge is 0.471 e. The minimum absolute atomic E-state index is 0.0427. The first-order chi connectivity index (χ1) is 15.0. The van der Waals surface area contributed by atoms with E-state index in [0.717, 1.165) is 10.8 Å². The minimum Gasteiger partial charge on any atom is -0.414 e. The molecule has 1 aliphatic rings. The SMILES string of the molecule is CC(C)(C)[Si](C)(C)OC[C@H]1O[C@@H](n2cc(C#CCNC(=O)C(F)(F)F)c(=O)[nH]c2=O)C[C@H]1O. The van der Waals surface area contributed by atoms with Crippen LogP contribution in [0.4, 0.5) is 13.2 Å². The number of ether oxygens (including phenoxy) is 1. The average molecular weight is 492 g/mol. The third-order valence-electron chi connectivity index (χ3n) is 5.71. The number of nitrogens with one attached hydrogen (secondary N) is 2. The van der Waals surface area contributed by atoms with Crippen LogP contribution in [0.15, 0.2) is 15.8 Å². The van der Waals surface area contributed by atoms with Gasteiger partial charge in [-0.3, -0.25) is 19.1 Å². The summed E-state index contributed by atoms with van der Waals surface area (Å²) in [6, 6.07) is 0. The lowest BCUT2D eigenvalue weighted by Gasteiger charge is -2.37. The maximum absolute atomic E-state index is 12.3. The van der Waals surface area contributed by atoms with Crippen molar-refractivity contribution in [2.24, 2.45) is 0 Å². The fraction of sp³-hybridized carbons (Fsp3) is 0.650. The van der Waals surface area contributed by atoms with Crippen molar-refractivity contribution in [2.75, 3.05) is 13.2 Å². The van der Waals surface area contributed by atoms with Gasteiger partial charge in [0.25, 0.3) is 5.56 Å². The van der Waals surface area contributed by atoms with Crippen LogP contribution in [0.5, 0.6) is 0 Å². The van der Waals surface area contributed by atoms with Gasteiger partial charge in [-0.25, -0.2) is 4.79 Å². The molecule has 1 amide bonds. The van der Waals surface area contributed by atoms with Gasteiger partial charge in [0.15, 0.2) is 8.32 Å². The second-order valence-corrected chi connectivity index (χ2v) is 14.0. The molecule has 13 heteroatoms. The van der Waals surface area contributed by atoms with Crippen LogP contribution in [-0.4, -0.2) is 60.4 Å². The highest BCUT2D eigenvalue weighted by molar-refractivity contribution is 6.74. The van der Waals surface area contributed by atoms with Crippen LogP contribution < -0.4 is 16.6 Å². The number of alkyl halides is 3. The normalized spacial score (nSPS) is 21.4. The molecule has 2 rings (SSSR count). The lowest BCUT2D eigenvalue weighted by atomic mass is 10.2. The van der Waals surface area contributed by atoms with Gasteiger partial charge in [0, 0.05) is 12.6 Å². The standard InChI is InChI=1S/C20H28F3N3O6Si/c1-19(2,3)33(4,5)31-11-14-13(27)9-15(32-14)26-10-12(16(28)25-18(26)30)7-6-8-24-17(29)20(21,22)23/h10,13-15,27H,8-9,11H2,1-5H3,(H,24,29)(H,25,28,30)/t13-,14-,15-/m1/s1. The van der Waals surface area contributed by atoms with Crippen molar-refractivity contribution >= 4 is 14.2 Å². The van der Waals surface area contributed by atoms with Crippen molar-refractivity contribution in [3.05, 3.63) is 32.6 Å². The number of carbonyl (C=O) groups is 1. The van der Waals surface area contributed by atoms with Crippen molar-refractivity contribution < 1.29 is 32.2 Å². The number of nitrogens with zero attached hydrogens (tertiary/aromatic N) is 1. The highest BCUT2D eigenvalue weighted by atomic mass is 28.4. The molecule has 2 heterocycles. The fourth-order valence-corrected chi connectivity index (χ4v) is 3.71. The summed E-state index contributed by atoms with van der Waals surface area (Å²) in [6.07, 6.45) is -6.37. The second kappa shape index (κ2) is 9.84. The summed E-state index contributed by atoms with van der Waals surface area (Å²) >= 11 is 0. The molecule has 3 N–H and O–H groups in total. The molecule has 184 valence electrons. The quantitative estimate of drug-likeness (QED) is 0.421. The zero-order chi connectivity index (χ0) is 25.2. The molecular formula is C20H28F3N3O6Si. The first-order valence-electron chi connectivity index (χ1n) is 10.2. The third-order valence-corrected chi connectivity index (χ3v) is 10.2. The molecular weight excluding hydrogens is 463 g/mol. The van der Waals surface area contributed by atoms with Crippen LogP contribution >= 0.6 is 0 Å². The summed E-state index contributed by atoms with van der Waals surface area (Å²) in [5.41, 5.74) is -1.85. The Hall–Kier alpha value is -2.40. The number of hydrogen-bond donors (Lipinski definition) is 3. The summed E-state index contributed by atoms with van der Waals surface area (Å²) in [7, 11) is -2.10. The van der Waals surface area contributed by atoms with Crippen LogP contribution in [0.2, 0.25) is 18.1 Å². The van der Waals surface area contributed by atoms with Gasteiger partial charge >= 0.3 is 17.8 Å². The predicted octanol–water partition coefficient (Wildman–Crippen LogP) is 1.24. The first-order valence-corrected chi connectivity index (χ1v) is 13.1. The molecule has 1 aromatic rings. The Balaban J connectivity index is 2.12. The third kappa shape index (κ3) is 6.79. The molecule has 1 fully saturated rings. The number of aromatic amines is 1. The van der Waals surface area contributed by atoms with Crippen LogP contribution in [0, 0.1) is 11.8 Å². The predicted molar refractivity (Wildman–Crippen MR) is 115 cm³/mol. The van der Waals surface area contributed by atoms with Gasteiger partial charge in [-0.2, -0.15) is 13.2 Å². The molecule has 0 saturated carbocycles. The Kier molecular flexibility index (Phi) is 8.00. The molecule has 1 aliphatic heterocycles. The Bertz CT molecular complexity index is 1050. The summed E-state index contributed by atoms with van der Waals surface area (Å²) < 4.78 is 49.5. The van der Waals surface area contributed by atoms with Crippen molar-refractivity contribution in [1.29, 1.82) is 0 Å². The molecule has 0 aromatic carbocycles. The summed E-state index contributed by atoms with van der Waals surface area (Å²) in [4.78, 5) is 37.1. The topological polar surface area (TPSA) is 123 Å². The maximum Gasteiger partial charge on any atom is 0.471 e. The molecule has 0 aliphatic carbocycles. The highest BCUT2D eigenvalue weighted by Gasteiger charge is 2.41. The summed E-state index contributed by atoms with van der Waals surface area (Å²) in [6.45, 7) is 9.82. The smallest absolute Gasteiger partial charge is 0.414 e. The Morgan fingerprint density at radius 3 is 2.58 bits per heavy atom. The first kappa shape index (κ1) is 26.8. The molecule has 33 heavy (non-hydrogen) atoms. The number of aromatic nitrogens is 2. The van der Waals surface area contributed by atoms with Gasteiger partial charge in [-0.15, -0.1) is 0 Å². The zero-order valence-electron chi connectivity index (χ0n) is 19.0. The minimum atomic E-state index is -5.04. The monoisotopic (exact) mass is 491 g/mol. The van der Waals surface area contributed by atoms with Crippen molar-refractivity contribution in [2.45, 2.75) is 69.9 Å². The second-order valence-electron chi connectivity index (χ2n) is 9.20. The highest BCUT2D eigenvalue weighted by Crippen LogP contribution is 2.37. The van der Waals surface area contributed by atoms with Crippen molar-refractivity contribution in [1.82, 2.24) is 14.9 Å². The molecule has 1 aromatic heterocycles. The zero-order valence-corrected chi connectivity index (χ0v) is 20.0. The molecule has 9 nitrogen and oxygen atoms in total. The van der Waals surface area contributed by atoms with E-state index in [-0.39, 0.29) is 23.6 Å². The number of H-pyrrole nitrogens is 1. The molecule has 0 radical (unpaired) electrons. The van der Waals surface area contributed by atoms with E-state index in [1.807, 2.05) is 0 Å². The number of aliphatic hydroxyl groups is 1. The van der Waals surface area contributed by atoms with Gasteiger partial charge in [0.1, 0.15) is 17.9 Å². The van der Waals surface area contributed by atoms with Gasteiger partial charge in [-0.1, -0.05) is 32.6 Å². The van der Waals surface area contributed by atoms with E-state index in [0.29, 0.717) is 0 Å². The molecule has 0 unspecified atom stereocenters. The number of amides is 1. The van der Waals surface area contributed by atoms with E-state index in [9.17, 15) is 32.7 Å². The van der Waals surface area contributed by atoms with Crippen molar-refractivity contribution in [3.8, 4) is 11.8 Å². The Morgan fingerprint density at radius 1 is 1.36 bits per heavy atom. The Morgan fingerprint density at radius 2 is 2.00 bits per heavy atom. The van der Waals surface area contributed by atoms with Crippen LogP contribution in [0.3, 0.4) is 0 Å². The number of aliphatic hydroxyl groups excluding tert-OH is 1. The van der Waals surface area contributed by atoms with Gasteiger partial charge < -0.3 is 19.6 Å². The van der Waals surface area contributed by atoms with E-state index >= 15 is 0 Å². The number of carbonyl (C=O) groups excluding carboxylic acids is 1. The molecule has 0 bridgehead atoms. The molecule has 1 saturated heterocycles. The fourth-order valence-electron chi connectivity index (χ4n) is 2.70. The van der Waals surface area contributed by atoms with Crippen LogP contribution in [0.1, 0.15) is 39.0 Å². The van der Waals surface area contributed by atoms with Gasteiger partial charge in [-0.05, 0) is 18.1 Å². The number of rotatable bonds is 5. The molecule has 3 atom stereocenters. The average Bonchev–Trinajstić information content (AvgIpc) is 3.03. The van der Waals surface area contributed by atoms with Crippen LogP contribution in [0.25, 0.3) is 0 Å². The van der Waals surface area contributed by atoms with E-state index in [4.69, 9.17) is 9.16 Å². The van der Waals surface area contributed by atoms with E-state index < -0.39 is 56.6 Å². The van der Waals surface area contributed by atoms with Gasteiger partial charge in [0.2, 0.25) is 0 Å². The molecule has 0 spiro atoms. The van der Waals surface area contributed by atoms with Crippen molar-refractivity contribution in [3.63, 3.8) is 0 Å². The Labute approximate surface area is 189 Å². The number of hydrogen-bond acceptors (Lipinski definition) is 6. The van der Waals surface area contributed by atoms with E-state index in [1.165, 1.54) is 0 Å². The van der Waals surface area contributed by atoms with E-state index in [1.54, 1.807) is 5.32 Å². The number of halogens is 3.